The first-order valence-corrected chi connectivity index (χ1v) is 11.6. The third-order valence-corrected chi connectivity index (χ3v) is 5.95. The number of rotatable bonds is 11. The molecule has 0 saturated carbocycles. The SMILES string of the molecule is CCCCCCc1c(CCCC)ccc(-c2ccc(OC)cc2)c1-c1ccccc1. The largest absolute Gasteiger partial charge is 0.497 e. The summed E-state index contributed by atoms with van der Waals surface area (Å²) in [5.41, 5.74) is 8.42. The molecule has 3 aromatic rings. The van der Waals surface area contributed by atoms with Gasteiger partial charge in [0.05, 0.1) is 7.11 Å². The molecule has 3 rings (SSSR count). The predicted octanol–water partition coefficient (Wildman–Crippen LogP) is 8.49. The summed E-state index contributed by atoms with van der Waals surface area (Å²) in [4.78, 5) is 0. The summed E-state index contributed by atoms with van der Waals surface area (Å²) in [6.45, 7) is 4.57. The van der Waals surface area contributed by atoms with Crippen LogP contribution in [-0.4, -0.2) is 7.11 Å². The molecule has 0 bridgehead atoms. The van der Waals surface area contributed by atoms with Crippen LogP contribution in [0.15, 0.2) is 66.7 Å². The lowest BCUT2D eigenvalue weighted by molar-refractivity contribution is 0.415. The fourth-order valence-electron chi connectivity index (χ4n) is 4.25. The number of hydrogen-bond donors (Lipinski definition) is 0. The fraction of sp³-hybridized carbons (Fsp3) is 0.379. The molecule has 0 radical (unpaired) electrons. The maximum atomic E-state index is 5.38. The van der Waals surface area contributed by atoms with Crippen LogP contribution in [0, 0.1) is 0 Å². The Morgan fingerprint density at radius 2 is 1.37 bits per heavy atom. The van der Waals surface area contributed by atoms with E-state index < -0.39 is 0 Å². The molecule has 0 fully saturated rings. The quantitative estimate of drug-likeness (QED) is 0.293. The predicted molar refractivity (Wildman–Crippen MR) is 130 cm³/mol. The van der Waals surface area contributed by atoms with E-state index in [4.69, 9.17) is 4.74 Å². The van der Waals surface area contributed by atoms with Crippen LogP contribution in [0.1, 0.15) is 63.5 Å². The lowest BCUT2D eigenvalue weighted by Crippen LogP contribution is -2.01. The Balaban J connectivity index is 2.12. The first-order valence-electron chi connectivity index (χ1n) is 11.6. The van der Waals surface area contributed by atoms with Crippen molar-refractivity contribution in [1.82, 2.24) is 0 Å². The lowest BCUT2D eigenvalue weighted by atomic mass is 9.84. The third-order valence-electron chi connectivity index (χ3n) is 5.95. The van der Waals surface area contributed by atoms with Crippen LogP contribution < -0.4 is 4.74 Å². The molecule has 0 atom stereocenters. The number of benzene rings is 3. The minimum Gasteiger partial charge on any atom is -0.497 e. The molecule has 0 N–H and O–H groups in total. The fourth-order valence-corrected chi connectivity index (χ4v) is 4.25. The van der Waals surface area contributed by atoms with E-state index in [9.17, 15) is 0 Å². The van der Waals surface area contributed by atoms with E-state index >= 15 is 0 Å². The van der Waals surface area contributed by atoms with Gasteiger partial charge in [-0.2, -0.15) is 0 Å². The average Bonchev–Trinajstić information content (AvgIpc) is 2.81. The van der Waals surface area contributed by atoms with Crippen molar-refractivity contribution < 1.29 is 4.74 Å². The first-order chi connectivity index (χ1) is 14.8. The van der Waals surface area contributed by atoms with Crippen molar-refractivity contribution in [1.29, 1.82) is 0 Å². The first kappa shape index (κ1) is 22.2. The molecule has 0 unspecified atom stereocenters. The van der Waals surface area contributed by atoms with Gasteiger partial charge in [-0.05, 0) is 71.2 Å². The molecule has 30 heavy (non-hydrogen) atoms. The van der Waals surface area contributed by atoms with Crippen molar-refractivity contribution in [3.8, 4) is 28.0 Å². The van der Waals surface area contributed by atoms with E-state index in [1.165, 1.54) is 72.8 Å². The van der Waals surface area contributed by atoms with E-state index in [1.54, 1.807) is 12.7 Å². The Labute approximate surface area is 183 Å². The zero-order valence-electron chi connectivity index (χ0n) is 18.9. The van der Waals surface area contributed by atoms with Gasteiger partial charge < -0.3 is 4.74 Å². The summed E-state index contributed by atoms with van der Waals surface area (Å²) in [6, 6.07) is 24.2. The van der Waals surface area contributed by atoms with Crippen molar-refractivity contribution >= 4 is 0 Å². The van der Waals surface area contributed by atoms with Gasteiger partial charge >= 0.3 is 0 Å². The van der Waals surface area contributed by atoms with Gasteiger partial charge in [0, 0.05) is 0 Å². The van der Waals surface area contributed by atoms with Gasteiger partial charge in [-0.3, -0.25) is 0 Å². The second-order valence-corrected chi connectivity index (χ2v) is 8.13. The summed E-state index contributed by atoms with van der Waals surface area (Å²) in [5, 5.41) is 0. The molecule has 1 heteroatoms. The smallest absolute Gasteiger partial charge is 0.118 e. The molecule has 1 nitrogen and oxygen atoms in total. The molecular weight excluding hydrogens is 364 g/mol. The van der Waals surface area contributed by atoms with Crippen LogP contribution in [0.25, 0.3) is 22.3 Å². The highest BCUT2D eigenvalue weighted by atomic mass is 16.5. The minimum absolute atomic E-state index is 0.902. The van der Waals surface area contributed by atoms with Crippen LogP contribution in [0.4, 0.5) is 0 Å². The molecule has 3 aromatic carbocycles. The van der Waals surface area contributed by atoms with E-state index in [0.29, 0.717) is 0 Å². The van der Waals surface area contributed by atoms with Crippen molar-refractivity contribution in [3.63, 3.8) is 0 Å². The number of ether oxygens (including phenoxy) is 1. The minimum atomic E-state index is 0.902. The van der Waals surface area contributed by atoms with Crippen molar-refractivity contribution in [2.45, 2.75) is 65.2 Å². The molecule has 0 amide bonds. The Kier molecular flexibility index (Phi) is 8.56. The van der Waals surface area contributed by atoms with Crippen LogP contribution in [-0.2, 0) is 12.8 Å². The average molecular weight is 401 g/mol. The summed E-state index contributed by atoms with van der Waals surface area (Å²) in [7, 11) is 1.72. The Bertz CT molecular complexity index is 894. The topological polar surface area (TPSA) is 9.23 Å². The maximum absolute atomic E-state index is 5.38. The zero-order valence-corrected chi connectivity index (χ0v) is 18.9. The Hall–Kier alpha value is -2.54. The van der Waals surface area contributed by atoms with E-state index in [1.807, 2.05) is 0 Å². The Morgan fingerprint density at radius 1 is 0.633 bits per heavy atom. The summed E-state index contributed by atoms with van der Waals surface area (Å²) in [5.74, 6) is 0.902. The molecule has 0 aliphatic heterocycles. The number of unbranched alkanes of at least 4 members (excludes halogenated alkanes) is 4. The van der Waals surface area contributed by atoms with Gasteiger partial charge in [-0.1, -0.05) is 94.1 Å². The maximum Gasteiger partial charge on any atom is 0.118 e. The lowest BCUT2D eigenvalue weighted by Gasteiger charge is -2.20. The molecular formula is C29H36O. The molecule has 0 aliphatic carbocycles. The van der Waals surface area contributed by atoms with Gasteiger partial charge in [0.2, 0.25) is 0 Å². The van der Waals surface area contributed by atoms with Gasteiger partial charge in [-0.25, -0.2) is 0 Å². The third kappa shape index (κ3) is 5.53. The molecule has 0 saturated heterocycles. The monoisotopic (exact) mass is 400 g/mol. The van der Waals surface area contributed by atoms with Gasteiger partial charge in [-0.15, -0.1) is 0 Å². The number of hydrogen-bond acceptors (Lipinski definition) is 1. The van der Waals surface area contributed by atoms with E-state index in [2.05, 4.69) is 80.6 Å². The highest BCUT2D eigenvalue weighted by Gasteiger charge is 2.16. The van der Waals surface area contributed by atoms with Crippen LogP contribution >= 0.6 is 0 Å². The van der Waals surface area contributed by atoms with E-state index in [-0.39, 0.29) is 0 Å². The molecule has 0 aromatic heterocycles. The molecule has 0 spiro atoms. The van der Waals surface area contributed by atoms with Crippen LogP contribution in [0.2, 0.25) is 0 Å². The summed E-state index contributed by atoms with van der Waals surface area (Å²) >= 11 is 0. The van der Waals surface area contributed by atoms with Crippen LogP contribution in [0.5, 0.6) is 5.75 Å². The molecule has 158 valence electrons. The highest BCUT2D eigenvalue weighted by molar-refractivity contribution is 5.86. The molecule has 0 aliphatic rings. The van der Waals surface area contributed by atoms with E-state index in [0.717, 1.165) is 12.2 Å². The van der Waals surface area contributed by atoms with Gasteiger partial charge in [0.15, 0.2) is 0 Å². The Morgan fingerprint density at radius 3 is 2.03 bits per heavy atom. The van der Waals surface area contributed by atoms with Crippen molar-refractivity contribution in [3.05, 3.63) is 77.9 Å². The second kappa shape index (κ2) is 11.6. The second-order valence-electron chi connectivity index (χ2n) is 8.13. The summed E-state index contributed by atoms with van der Waals surface area (Å²) < 4.78 is 5.38. The standard InChI is InChI=1S/C29H36O/c1-4-6-8-12-16-27-23(13-7-5-2)19-22-28(24-17-20-26(30-3)21-18-24)29(27)25-14-10-9-11-15-25/h9-11,14-15,17-22H,4-8,12-13,16H2,1-3H3. The molecule has 0 heterocycles. The van der Waals surface area contributed by atoms with Gasteiger partial charge in [0.25, 0.3) is 0 Å². The number of methoxy groups -OCH3 is 1. The van der Waals surface area contributed by atoms with Crippen LogP contribution in [0.3, 0.4) is 0 Å². The number of aryl methyl sites for hydroxylation is 1. The highest BCUT2D eigenvalue weighted by Crippen LogP contribution is 2.38. The van der Waals surface area contributed by atoms with Crippen molar-refractivity contribution in [2.24, 2.45) is 0 Å². The normalized spacial score (nSPS) is 10.9. The van der Waals surface area contributed by atoms with Crippen molar-refractivity contribution in [2.75, 3.05) is 7.11 Å². The zero-order chi connectivity index (χ0) is 21.2. The summed E-state index contributed by atoms with van der Waals surface area (Å²) in [6.07, 6.45) is 9.98. The van der Waals surface area contributed by atoms with Gasteiger partial charge in [0.1, 0.15) is 5.75 Å².